The van der Waals surface area contributed by atoms with E-state index >= 15 is 0 Å². The summed E-state index contributed by atoms with van der Waals surface area (Å²) in [6, 6.07) is 4.31. The van der Waals surface area contributed by atoms with Gasteiger partial charge in [0.1, 0.15) is 5.82 Å². The number of nitrogens with zero attached hydrogens (tertiary/aromatic N) is 5. The van der Waals surface area contributed by atoms with E-state index in [-0.39, 0.29) is 11.9 Å². The Morgan fingerprint density at radius 2 is 1.97 bits per heavy atom. The number of thiophene rings is 1. The summed E-state index contributed by atoms with van der Waals surface area (Å²) in [4.78, 5) is 25.4. The minimum Gasteiger partial charge on any atom is -0.356 e. The summed E-state index contributed by atoms with van der Waals surface area (Å²) in [5, 5.41) is 4.92. The van der Waals surface area contributed by atoms with E-state index in [1.807, 2.05) is 4.52 Å². The van der Waals surface area contributed by atoms with Gasteiger partial charge < -0.3 is 9.80 Å². The highest BCUT2D eigenvalue weighted by Crippen LogP contribution is 2.36. The zero-order chi connectivity index (χ0) is 22.5. The molecule has 3 aromatic heterocycles. The molecular weight excluding hydrogens is 430 g/mol. The molecule has 0 radical (unpaired) electrons. The SMILES string of the molecule is Cc1cn2nc([C@@H]3CCCCN3C(=O)c3cc4c(s3)CCCC4)cc2nc1N1CC[C@H](C)C1. The molecule has 5 heterocycles. The smallest absolute Gasteiger partial charge is 0.264 e. The molecule has 2 fully saturated rings. The predicted molar refractivity (Wildman–Crippen MR) is 132 cm³/mol. The van der Waals surface area contributed by atoms with Crippen LogP contribution in [-0.2, 0) is 12.8 Å². The van der Waals surface area contributed by atoms with Crippen molar-refractivity contribution >= 4 is 28.7 Å². The normalized spacial score (nSPS) is 23.3. The summed E-state index contributed by atoms with van der Waals surface area (Å²) in [7, 11) is 0. The maximum Gasteiger partial charge on any atom is 0.264 e. The molecule has 3 aromatic rings. The van der Waals surface area contributed by atoms with Crippen molar-refractivity contribution in [1.82, 2.24) is 19.5 Å². The highest BCUT2D eigenvalue weighted by Gasteiger charge is 2.32. The zero-order valence-corrected chi connectivity index (χ0v) is 20.5. The van der Waals surface area contributed by atoms with Gasteiger partial charge >= 0.3 is 0 Å². The monoisotopic (exact) mass is 463 g/mol. The van der Waals surface area contributed by atoms with Gasteiger partial charge in [0.05, 0.1) is 16.6 Å². The van der Waals surface area contributed by atoms with E-state index in [1.165, 1.54) is 29.7 Å². The number of carbonyl (C=O) groups is 1. The molecule has 6 rings (SSSR count). The average Bonchev–Trinajstić information content (AvgIpc) is 3.55. The van der Waals surface area contributed by atoms with Crippen molar-refractivity contribution in [2.75, 3.05) is 24.5 Å². The molecule has 0 spiro atoms. The van der Waals surface area contributed by atoms with Crippen molar-refractivity contribution < 1.29 is 4.79 Å². The minimum atomic E-state index is 0.0302. The average molecular weight is 464 g/mol. The Morgan fingerprint density at radius 1 is 1.09 bits per heavy atom. The van der Waals surface area contributed by atoms with E-state index in [1.54, 1.807) is 11.3 Å². The van der Waals surface area contributed by atoms with Gasteiger partial charge in [-0.25, -0.2) is 9.50 Å². The van der Waals surface area contributed by atoms with Crippen molar-refractivity contribution in [1.29, 1.82) is 0 Å². The molecule has 0 aromatic carbocycles. The molecule has 3 aliphatic rings. The fourth-order valence-corrected chi connectivity index (χ4v) is 7.06. The number of hydrogen-bond donors (Lipinski definition) is 0. The van der Waals surface area contributed by atoms with Crippen molar-refractivity contribution in [3.05, 3.63) is 44.9 Å². The molecule has 7 heteroatoms. The Balaban J connectivity index is 1.30. The van der Waals surface area contributed by atoms with Crippen molar-refractivity contribution in [2.45, 2.75) is 71.3 Å². The van der Waals surface area contributed by atoms with E-state index in [2.05, 4.69) is 42.0 Å². The highest BCUT2D eigenvalue weighted by molar-refractivity contribution is 7.14. The highest BCUT2D eigenvalue weighted by atomic mass is 32.1. The molecule has 2 saturated heterocycles. The van der Waals surface area contributed by atoms with Crippen molar-refractivity contribution in [3.8, 4) is 0 Å². The summed E-state index contributed by atoms with van der Waals surface area (Å²) in [6.07, 6.45) is 11.2. The topological polar surface area (TPSA) is 53.7 Å². The lowest BCUT2D eigenvalue weighted by Crippen LogP contribution is -2.38. The first-order valence-electron chi connectivity index (χ1n) is 12.6. The maximum absolute atomic E-state index is 13.6. The van der Waals surface area contributed by atoms with Gasteiger partial charge in [0.2, 0.25) is 0 Å². The standard InChI is InChI=1S/C26H33N5OS/c1-17-10-12-29(15-17)25-18(2)16-31-24(27-25)14-20(28-31)21-8-5-6-11-30(21)26(32)23-13-19-7-3-4-9-22(19)33-23/h13-14,16-17,21H,3-12,15H2,1-2H3/t17-,21-/m0/s1. The Morgan fingerprint density at radius 3 is 2.79 bits per heavy atom. The second-order valence-corrected chi connectivity index (χ2v) is 11.4. The van der Waals surface area contributed by atoms with Gasteiger partial charge in [-0.05, 0) is 75.8 Å². The first kappa shape index (κ1) is 21.1. The molecule has 0 bridgehead atoms. The van der Waals surface area contributed by atoms with E-state index in [4.69, 9.17) is 10.1 Å². The number of aryl methyl sites for hydroxylation is 3. The summed E-state index contributed by atoms with van der Waals surface area (Å²) < 4.78 is 1.91. The first-order valence-corrected chi connectivity index (χ1v) is 13.4. The molecule has 0 saturated carbocycles. The quantitative estimate of drug-likeness (QED) is 0.536. The van der Waals surface area contributed by atoms with E-state index in [0.717, 1.165) is 79.3 Å². The number of likely N-dealkylation sites (tertiary alicyclic amines) is 1. The van der Waals surface area contributed by atoms with Crippen LogP contribution >= 0.6 is 11.3 Å². The molecule has 0 unspecified atom stereocenters. The third-order valence-corrected chi connectivity index (χ3v) is 8.88. The summed E-state index contributed by atoms with van der Waals surface area (Å²) in [6.45, 7) is 7.39. The largest absolute Gasteiger partial charge is 0.356 e. The third-order valence-electron chi connectivity index (χ3n) is 7.66. The molecule has 0 N–H and O–H groups in total. The van der Waals surface area contributed by atoms with Crippen LogP contribution in [0, 0.1) is 12.8 Å². The molecule has 33 heavy (non-hydrogen) atoms. The lowest BCUT2D eigenvalue weighted by atomic mass is 9.98. The fourth-order valence-electron chi connectivity index (χ4n) is 5.85. The molecular formula is C26H33N5OS. The second kappa shape index (κ2) is 8.42. The van der Waals surface area contributed by atoms with Gasteiger partial charge in [0.15, 0.2) is 5.65 Å². The second-order valence-electron chi connectivity index (χ2n) is 10.2. The van der Waals surface area contributed by atoms with Gasteiger partial charge in [0.25, 0.3) is 5.91 Å². The molecule has 6 nitrogen and oxygen atoms in total. The van der Waals surface area contributed by atoms with Crippen LogP contribution < -0.4 is 4.90 Å². The van der Waals surface area contributed by atoms with Gasteiger partial charge in [-0.3, -0.25) is 4.79 Å². The van der Waals surface area contributed by atoms with Crippen LogP contribution in [0.2, 0.25) is 0 Å². The molecule has 1 amide bonds. The first-order chi connectivity index (χ1) is 16.1. The van der Waals surface area contributed by atoms with Crippen LogP contribution in [0.1, 0.15) is 82.9 Å². The Bertz CT molecular complexity index is 1170. The van der Waals surface area contributed by atoms with Gasteiger partial charge in [0, 0.05) is 42.3 Å². The molecule has 2 atom stereocenters. The minimum absolute atomic E-state index is 0.0302. The summed E-state index contributed by atoms with van der Waals surface area (Å²) in [5.41, 5.74) is 4.42. The zero-order valence-electron chi connectivity index (χ0n) is 19.7. The maximum atomic E-state index is 13.6. The van der Waals surface area contributed by atoms with Gasteiger partial charge in [-0.15, -0.1) is 11.3 Å². The Kier molecular flexibility index (Phi) is 5.40. The third kappa shape index (κ3) is 3.84. The van der Waals surface area contributed by atoms with Crippen LogP contribution in [0.15, 0.2) is 18.3 Å². The Labute approximate surface area is 199 Å². The number of carbonyl (C=O) groups excluding carboxylic acids is 1. The number of anilines is 1. The molecule has 1 aliphatic carbocycles. The number of rotatable bonds is 3. The summed E-state index contributed by atoms with van der Waals surface area (Å²) >= 11 is 1.72. The Hall–Kier alpha value is -2.41. The lowest BCUT2D eigenvalue weighted by Gasteiger charge is -2.34. The van der Waals surface area contributed by atoms with Crippen molar-refractivity contribution in [2.24, 2.45) is 5.92 Å². The number of fused-ring (bicyclic) bond motifs is 2. The van der Waals surface area contributed by atoms with Crippen LogP contribution in [0.5, 0.6) is 0 Å². The number of hydrogen-bond acceptors (Lipinski definition) is 5. The molecule has 174 valence electrons. The number of aromatic nitrogens is 3. The fraction of sp³-hybridized carbons (Fsp3) is 0.577. The van der Waals surface area contributed by atoms with E-state index in [0.29, 0.717) is 5.92 Å². The van der Waals surface area contributed by atoms with Crippen LogP contribution in [-0.4, -0.2) is 45.0 Å². The van der Waals surface area contributed by atoms with Crippen molar-refractivity contribution in [3.63, 3.8) is 0 Å². The summed E-state index contributed by atoms with van der Waals surface area (Å²) in [5.74, 6) is 1.98. The van der Waals surface area contributed by atoms with E-state index in [9.17, 15) is 4.79 Å². The lowest BCUT2D eigenvalue weighted by molar-refractivity contribution is 0.0610. The van der Waals surface area contributed by atoms with Crippen LogP contribution in [0.25, 0.3) is 5.65 Å². The van der Waals surface area contributed by atoms with Gasteiger partial charge in [-0.1, -0.05) is 6.92 Å². The number of amides is 1. The van der Waals surface area contributed by atoms with Crippen LogP contribution in [0.4, 0.5) is 5.82 Å². The predicted octanol–water partition coefficient (Wildman–Crippen LogP) is 5.19. The number of piperidine rings is 1. The van der Waals surface area contributed by atoms with Crippen LogP contribution in [0.3, 0.4) is 0 Å². The molecule has 2 aliphatic heterocycles. The van der Waals surface area contributed by atoms with Gasteiger partial charge in [-0.2, -0.15) is 5.10 Å². The van der Waals surface area contributed by atoms with E-state index < -0.39 is 0 Å².